The molecule has 0 spiro atoms. The summed E-state index contributed by atoms with van der Waals surface area (Å²) in [5.74, 6) is 1.24. The van der Waals surface area contributed by atoms with Crippen LogP contribution in [0.2, 0.25) is 0 Å². The maximum atomic E-state index is 11.0. The van der Waals surface area contributed by atoms with Gasteiger partial charge in [-0.3, -0.25) is 0 Å². The highest BCUT2D eigenvalue weighted by molar-refractivity contribution is 7.88. The summed E-state index contributed by atoms with van der Waals surface area (Å²) in [5, 5.41) is 0. The van der Waals surface area contributed by atoms with Crippen molar-refractivity contribution >= 4 is 10.0 Å². The molecular weight excluding hydrogens is 174 g/mol. The predicted molar refractivity (Wildman–Crippen MR) is 49.4 cm³/mol. The fraction of sp³-hybridized carbons (Fsp3) is 1.00. The average Bonchev–Trinajstić information content (AvgIpc) is 1.80. The Morgan fingerprint density at radius 3 is 2.33 bits per heavy atom. The molecule has 1 aliphatic rings. The van der Waals surface area contributed by atoms with Crippen LogP contribution in [0.25, 0.3) is 0 Å². The first-order valence-corrected chi connectivity index (χ1v) is 6.25. The van der Waals surface area contributed by atoms with E-state index >= 15 is 0 Å². The summed E-state index contributed by atoms with van der Waals surface area (Å²) in [5.41, 5.74) is 0. The molecule has 72 valence electrons. The molecule has 12 heavy (non-hydrogen) atoms. The lowest BCUT2D eigenvalue weighted by molar-refractivity contribution is 0.142. The third kappa shape index (κ3) is 1.98. The Balaban J connectivity index is 2.39. The highest BCUT2D eigenvalue weighted by Crippen LogP contribution is 2.27. The molecule has 0 bridgehead atoms. The molecule has 0 N–H and O–H groups in total. The summed E-state index contributed by atoms with van der Waals surface area (Å²) in [7, 11) is -2.91. The van der Waals surface area contributed by atoms with E-state index in [2.05, 4.69) is 13.8 Å². The molecule has 1 unspecified atom stereocenters. The topological polar surface area (TPSA) is 37.4 Å². The minimum atomic E-state index is -2.91. The summed E-state index contributed by atoms with van der Waals surface area (Å²) < 4.78 is 23.5. The van der Waals surface area contributed by atoms with Crippen molar-refractivity contribution in [2.24, 2.45) is 11.8 Å². The van der Waals surface area contributed by atoms with Gasteiger partial charge in [-0.15, -0.1) is 0 Å². The van der Waals surface area contributed by atoms with E-state index in [9.17, 15) is 8.42 Å². The molecule has 1 heterocycles. The first kappa shape index (κ1) is 9.99. The zero-order valence-corrected chi connectivity index (χ0v) is 8.76. The van der Waals surface area contributed by atoms with Gasteiger partial charge in [-0.2, -0.15) is 0 Å². The molecule has 4 heteroatoms. The normalized spacial score (nSPS) is 23.6. The summed E-state index contributed by atoms with van der Waals surface area (Å²) in [4.78, 5) is 0. The lowest BCUT2D eigenvalue weighted by Crippen LogP contribution is -2.51. The van der Waals surface area contributed by atoms with Gasteiger partial charge in [0.25, 0.3) is 0 Å². The predicted octanol–water partition coefficient (Wildman–Crippen LogP) is 0.924. The lowest BCUT2D eigenvalue weighted by Gasteiger charge is -2.40. The van der Waals surface area contributed by atoms with Crippen LogP contribution >= 0.6 is 0 Å². The van der Waals surface area contributed by atoms with Crippen LogP contribution in [-0.4, -0.2) is 32.1 Å². The van der Waals surface area contributed by atoms with Crippen molar-refractivity contribution in [3.63, 3.8) is 0 Å². The van der Waals surface area contributed by atoms with Crippen LogP contribution in [-0.2, 0) is 10.0 Å². The van der Waals surface area contributed by atoms with Gasteiger partial charge in [0.15, 0.2) is 0 Å². The van der Waals surface area contributed by atoms with Crippen LogP contribution in [0.15, 0.2) is 0 Å². The van der Waals surface area contributed by atoms with Gasteiger partial charge in [0.05, 0.1) is 6.26 Å². The van der Waals surface area contributed by atoms with Crippen LogP contribution < -0.4 is 0 Å². The summed E-state index contributed by atoms with van der Waals surface area (Å²) in [6, 6.07) is 0. The first-order valence-electron chi connectivity index (χ1n) is 4.40. The molecule has 0 aromatic rings. The van der Waals surface area contributed by atoms with Gasteiger partial charge in [-0.05, 0) is 11.8 Å². The van der Waals surface area contributed by atoms with Gasteiger partial charge in [0.2, 0.25) is 10.0 Å². The van der Waals surface area contributed by atoms with E-state index in [4.69, 9.17) is 0 Å². The largest absolute Gasteiger partial charge is 0.213 e. The monoisotopic (exact) mass is 191 g/mol. The van der Waals surface area contributed by atoms with E-state index in [1.165, 1.54) is 6.26 Å². The maximum Gasteiger partial charge on any atom is 0.211 e. The number of nitrogens with zero attached hydrogens (tertiary/aromatic N) is 1. The van der Waals surface area contributed by atoms with Gasteiger partial charge >= 0.3 is 0 Å². The zero-order chi connectivity index (χ0) is 9.35. The third-order valence-corrected chi connectivity index (χ3v) is 4.03. The van der Waals surface area contributed by atoms with Gasteiger partial charge in [-0.1, -0.05) is 20.3 Å². The molecule has 0 radical (unpaired) electrons. The molecule has 1 rings (SSSR count). The molecule has 1 fully saturated rings. The fourth-order valence-electron chi connectivity index (χ4n) is 1.43. The van der Waals surface area contributed by atoms with Crippen molar-refractivity contribution in [3.8, 4) is 0 Å². The van der Waals surface area contributed by atoms with Crippen molar-refractivity contribution in [3.05, 3.63) is 0 Å². The second-order valence-corrected chi connectivity index (χ2v) is 5.71. The Bertz CT molecular complexity index is 242. The summed E-state index contributed by atoms with van der Waals surface area (Å²) in [6.45, 7) is 5.79. The molecule has 1 atom stereocenters. The Labute approximate surface area is 74.8 Å². The number of hydrogen-bond donors (Lipinski definition) is 0. The smallest absolute Gasteiger partial charge is 0.211 e. The van der Waals surface area contributed by atoms with Gasteiger partial charge < -0.3 is 0 Å². The van der Waals surface area contributed by atoms with E-state index < -0.39 is 10.0 Å². The second kappa shape index (κ2) is 3.34. The zero-order valence-electron chi connectivity index (χ0n) is 7.95. The first-order chi connectivity index (χ1) is 5.45. The number of hydrogen-bond acceptors (Lipinski definition) is 2. The Kier molecular flexibility index (Phi) is 2.78. The molecule has 0 aromatic heterocycles. The third-order valence-electron chi connectivity index (χ3n) is 2.79. The highest BCUT2D eigenvalue weighted by atomic mass is 32.2. The van der Waals surface area contributed by atoms with Gasteiger partial charge in [-0.25, -0.2) is 12.7 Å². The van der Waals surface area contributed by atoms with Crippen molar-refractivity contribution < 1.29 is 8.42 Å². The van der Waals surface area contributed by atoms with E-state index in [1.54, 1.807) is 4.31 Å². The quantitative estimate of drug-likeness (QED) is 0.665. The maximum absolute atomic E-state index is 11.0. The van der Waals surface area contributed by atoms with Crippen molar-refractivity contribution in [1.82, 2.24) is 4.31 Å². The molecular formula is C8H17NO2S. The Morgan fingerprint density at radius 2 is 2.00 bits per heavy atom. The Morgan fingerprint density at radius 1 is 1.50 bits per heavy atom. The van der Waals surface area contributed by atoms with E-state index in [-0.39, 0.29) is 0 Å². The second-order valence-electron chi connectivity index (χ2n) is 3.73. The van der Waals surface area contributed by atoms with E-state index in [0.717, 1.165) is 19.5 Å². The SMILES string of the molecule is CCC(C)C1CN(S(C)(=O)=O)C1. The van der Waals surface area contributed by atoms with Crippen molar-refractivity contribution in [1.29, 1.82) is 0 Å². The molecule has 3 nitrogen and oxygen atoms in total. The van der Waals surface area contributed by atoms with Crippen molar-refractivity contribution in [2.45, 2.75) is 20.3 Å². The lowest BCUT2D eigenvalue weighted by atomic mass is 9.87. The number of rotatable bonds is 3. The minimum Gasteiger partial charge on any atom is -0.213 e. The molecule has 0 amide bonds. The van der Waals surface area contributed by atoms with Gasteiger partial charge in [0, 0.05) is 13.1 Å². The van der Waals surface area contributed by atoms with Crippen molar-refractivity contribution in [2.75, 3.05) is 19.3 Å². The van der Waals surface area contributed by atoms with Crippen LogP contribution in [0.5, 0.6) is 0 Å². The van der Waals surface area contributed by atoms with Gasteiger partial charge in [0.1, 0.15) is 0 Å². The van der Waals surface area contributed by atoms with Crippen LogP contribution in [0.4, 0.5) is 0 Å². The molecule has 0 aliphatic carbocycles. The fourth-order valence-corrected chi connectivity index (χ4v) is 2.36. The highest BCUT2D eigenvalue weighted by Gasteiger charge is 2.35. The molecule has 1 saturated heterocycles. The number of sulfonamides is 1. The Hall–Kier alpha value is -0.0900. The van der Waals surface area contributed by atoms with E-state index in [0.29, 0.717) is 11.8 Å². The molecule has 1 aliphatic heterocycles. The molecule has 0 saturated carbocycles. The van der Waals surface area contributed by atoms with E-state index in [1.807, 2.05) is 0 Å². The summed E-state index contributed by atoms with van der Waals surface area (Å²) in [6.07, 6.45) is 2.42. The van der Waals surface area contributed by atoms with Crippen LogP contribution in [0.1, 0.15) is 20.3 Å². The van der Waals surface area contributed by atoms with Crippen LogP contribution in [0, 0.1) is 11.8 Å². The standard InChI is InChI=1S/C8H17NO2S/c1-4-7(2)8-5-9(6-8)12(3,10)11/h7-8H,4-6H2,1-3H3. The minimum absolute atomic E-state index is 0.588. The summed E-state index contributed by atoms with van der Waals surface area (Å²) >= 11 is 0. The van der Waals surface area contributed by atoms with Crippen LogP contribution in [0.3, 0.4) is 0 Å². The average molecular weight is 191 g/mol. The molecule has 0 aromatic carbocycles.